The van der Waals surface area contributed by atoms with Crippen LogP contribution in [0.4, 0.5) is 14.5 Å². The highest BCUT2D eigenvalue weighted by Gasteiger charge is 2.27. The molecule has 134 valence electrons. The second-order valence-corrected chi connectivity index (χ2v) is 6.52. The molecule has 1 aliphatic carbocycles. The first-order valence-electron chi connectivity index (χ1n) is 8.12. The van der Waals surface area contributed by atoms with Crippen molar-refractivity contribution in [3.05, 3.63) is 51.4 Å². The van der Waals surface area contributed by atoms with E-state index in [0.29, 0.717) is 24.1 Å². The Morgan fingerprint density at radius 3 is 2.88 bits per heavy atom. The molecule has 1 aromatic carbocycles. The number of hydrogen-bond donors (Lipinski definition) is 2. The average Bonchev–Trinajstić information content (AvgIpc) is 3.00. The van der Waals surface area contributed by atoms with Gasteiger partial charge in [0.15, 0.2) is 5.82 Å². The summed E-state index contributed by atoms with van der Waals surface area (Å²) in [5.41, 5.74) is -0.479. The third kappa shape index (κ3) is 3.67. The normalized spacial score (nSPS) is 20.0. The van der Waals surface area contributed by atoms with Gasteiger partial charge in [0.2, 0.25) is 0 Å². The summed E-state index contributed by atoms with van der Waals surface area (Å²) in [4.78, 5) is 12.4. The lowest BCUT2D eigenvalue weighted by atomic mass is 10.00. The van der Waals surface area contributed by atoms with Crippen LogP contribution in [0.5, 0.6) is 0 Å². The van der Waals surface area contributed by atoms with E-state index < -0.39 is 17.2 Å². The minimum atomic E-state index is -0.898. The topological polar surface area (TPSA) is 67.2 Å². The zero-order chi connectivity index (χ0) is 18.0. The van der Waals surface area contributed by atoms with Crippen molar-refractivity contribution in [1.82, 2.24) is 9.78 Å². The maximum atomic E-state index is 13.9. The summed E-state index contributed by atoms with van der Waals surface area (Å²) in [5, 5.41) is 16.2. The van der Waals surface area contributed by atoms with Crippen molar-refractivity contribution in [3.8, 4) is 5.69 Å². The predicted molar refractivity (Wildman–Crippen MR) is 91.2 cm³/mol. The van der Waals surface area contributed by atoms with Gasteiger partial charge in [0.05, 0.1) is 11.9 Å². The van der Waals surface area contributed by atoms with Crippen LogP contribution in [0.2, 0.25) is 5.02 Å². The van der Waals surface area contributed by atoms with Gasteiger partial charge in [0.25, 0.3) is 5.56 Å². The first kappa shape index (κ1) is 17.8. The van der Waals surface area contributed by atoms with E-state index in [9.17, 15) is 13.6 Å². The minimum Gasteiger partial charge on any atom is -0.396 e. The monoisotopic (exact) mass is 369 g/mol. The third-order valence-corrected chi connectivity index (χ3v) is 4.92. The predicted octanol–water partition coefficient (Wildman–Crippen LogP) is 3.13. The molecule has 1 aliphatic rings. The van der Waals surface area contributed by atoms with Crippen LogP contribution in [0.15, 0.2) is 29.2 Å². The lowest BCUT2D eigenvalue weighted by Crippen LogP contribution is -2.28. The number of nitrogens with zero attached hydrogens (tertiary/aromatic N) is 2. The molecule has 1 fully saturated rings. The number of benzene rings is 1. The molecular weight excluding hydrogens is 352 g/mol. The van der Waals surface area contributed by atoms with E-state index in [1.54, 1.807) is 0 Å². The van der Waals surface area contributed by atoms with Crippen LogP contribution >= 0.6 is 11.6 Å². The third-order valence-electron chi connectivity index (χ3n) is 4.56. The molecule has 0 spiro atoms. The molecule has 2 aromatic rings. The van der Waals surface area contributed by atoms with Gasteiger partial charge in [-0.15, -0.1) is 0 Å². The SMILES string of the molecule is O=c1c(Cl)c(NC2CCCC2CCO)cnn1-c1ccc(F)cc1F. The van der Waals surface area contributed by atoms with E-state index in [0.717, 1.165) is 36.1 Å². The summed E-state index contributed by atoms with van der Waals surface area (Å²) in [6.07, 6.45) is 4.99. The lowest BCUT2D eigenvalue weighted by Gasteiger charge is -2.22. The van der Waals surface area contributed by atoms with Crippen LogP contribution in [0, 0.1) is 17.6 Å². The maximum absolute atomic E-state index is 13.9. The maximum Gasteiger partial charge on any atom is 0.292 e. The number of aliphatic hydroxyl groups excluding tert-OH is 1. The molecular formula is C17H18ClF2N3O2. The van der Waals surface area contributed by atoms with Crippen molar-refractivity contribution < 1.29 is 13.9 Å². The second kappa shape index (κ2) is 7.49. The van der Waals surface area contributed by atoms with Crippen molar-refractivity contribution in [2.24, 2.45) is 5.92 Å². The van der Waals surface area contributed by atoms with Crippen LogP contribution in [0.3, 0.4) is 0 Å². The first-order chi connectivity index (χ1) is 12.0. The summed E-state index contributed by atoms with van der Waals surface area (Å²) in [7, 11) is 0. The Bertz CT molecular complexity index is 828. The molecule has 0 saturated heterocycles. The van der Waals surface area contributed by atoms with Crippen molar-refractivity contribution in [3.63, 3.8) is 0 Å². The summed E-state index contributed by atoms with van der Waals surface area (Å²) in [6.45, 7) is 0.111. The molecule has 1 saturated carbocycles. The van der Waals surface area contributed by atoms with E-state index in [-0.39, 0.29) is 23.4 Å². The van der Waals surface area contributed by atoms with E-state index >= 15 is 0 Å². The number of hydrogen-bond acceptors (Lipinski definition) is 4. The summed E-state index contributed by atoms with van der Waals surface area (Å²) < 4.78 is 27.7. The molecule has 0 bridgehead atoms. The Balaban J connectivity index is 1.89. The van der Waals surface area contributed by atoms with E-state index in [1.807, 2.05) is 0 Å². The highest BCUT2D eigenvalue weighted by molar-refractivity contribution is 6.33. The molecule has 2 N–H and O–H groups in total. The van der Waals surface area contributed by atoms with Crippen LogP contribution in [0.25, 0.3) is 5.69 Å². The molecule has 0 aliphatic heterocycles. The molecule has 8 heteroatoms. The fourth-order valence-electron chi connectivity index (χ4n) is 3.30. The van der Waals surface area contributed by atoms with Gasteiger partial charge in [-0.3, -0.25) is 4.79 Å². The van der Waals surface area contributed by atoms with Gasteiger partial charge in [0, 0.05) is 18.7 Å². The number of nitrogens with one attached hydrogen (secondary N) is 1. The number of aliphatic hydroxyl groups is 1. The Labute approximate surface area is 148 Å². The fraction of sp³-hybridized carbons (Fsp3) is 0.412. The largest absolute Gasteiger partial charge is 0.396 e. The quantitative estimate of drug-likeness (QED) is 0.849. The van der Waals surface area contributed by atoms with E-state index in [4.69, 9.17) is 16.7 Å². The van der Waals surface area contributed by atoms with Crippen LogP contribution in [-0.4, -0.2) is 27.5 Å². The molecule has 2 unspecified atom stereocenters. The lowest BCUT2D eigenvalue weighted by molar-refractivity contribution is 0.254. The highest BCUT2D eigenvalue weighted by atomic mass is 35.5. The van der Waals surface area contributed by atoms with Gasteiger partial charge in [-0.2, -0.15) is 9.78 Å². The minimum absolute atomic E-state index is 0.101. The second-order valence-electron chi connectivity index (χ2n) is 6.14. The Kier molecular flexibility index (Phi) is 5.34. The fourth-order valence-corrected chi connectivity index (χ4v) is 3.48. The number of aromatic nitrogens is 2. The van der Waals surface area contributed by atoms with Crippen LogP contribution < -0.4 is 10.9 Å². The molecule has 2 atom stereocenters. The van der Waals surface area contributed by atoms with Crippen molar-refractivity contribution in [1.29, 1.82) is 0 Å². The van der Waals surface area contributed by atoms with Gasteiger partial charge >= 0.3 is 0 Å². The molecule has 5 nitrogen and oxygen atoms in total. The number of anilines is 1. The van der Waals surface area contributed by atoms with Crippen molar-refractivity contribution in [2.45, 2.75) is 31.7 Å². The molecule has 25 heavy (non-hydrogen) atoms. The Hall–Kier alpha value is -1.99. The standard InChI is InChI=1S/C17H18ClF2N3O2/c18-16-14(22-13-3-1-2-10(13)6-7-24)9-21-23(17(16)25)15-5-4-11(19)8-12(15)20/h4-5,8-10,13,22,24H,1-3,6-7H2. The van der Waals surface area contributed by atoms with Gasteiger partial charge in [-0.1, -0.05) is 18.0 Å². The first-order valence-corrected chi connectivity index (χ1v) is 8.49. The average molecular weight is 370 g/mol. The Morgan fingerprint density at radius 2 is 2.16 bits per heavy atom. The van der Waals surface area contributed by atoms with Gasteiger partial charge in [0.1, 0.15) is 16.5 Å². The molecule has 1 aromatic heterocycles. The summed E-state index contributed by atoms with van der Waals surface area (Å²) in [5.74, 6) is -1.34. The molecule has 0 amide bonds. The molecule has 0 radical (unpaired) electrons. The zero-order valence-corrected chi connectivity index (χ0v) is 14.1. The number of rotatable bonds is 5. The van der Waals surface area contributed by atoms with Crippen molar-refractivity contribution in [2.75, 3.05) is 11.9 Å². The highest BCUT2D eigenvalue weighted by Crippen LogP contribution is 2.32. The smallest absolute Gasteiger partial charge is 0.292 e. The molecule has 1 heterocycles. The summed E-state index contributed by atoms with van der Waals surface area (Å²) >= 11 is 6.15. The van der Waals surface area contributed by atoms with Gasteiger partial charge < -0.3 is 10.4 Å². The van der Waals surface area contributed by atoms with Gasteiger partial charge in [-0.25, -0.2) is 8.78 Å². The molecule has 3 rings (SSSR count). The summed E-state index contributed by atoms with van der Waals surface area (Å²) in [6, 6.07) is 2.97. The van der Waals surface area contributed by atoms with Crippen molar-refractivity contribution >= 4 is 17.3 Å². The van der Waals surface area contributed by atoms with E-state index in [2.05, 4.69) is 10.4 Å². The van der Waals surface area contributed by atoms with Crippen LogP contribution in [-0.2, 0) is 0 Å². The zero-order valence-electron chi connectivity index (χ0n) is 13.4. The Morgan fingerprint density at radius 1 is 1.36 bits per heavy atom. The van der Waals surface area contributed by atoms with Crippen LogP contribution in [0.1, 0.15) is 25.7 Å². The van der Waals surface area contributed by atoms with Gasteiger partial charge in [-0.05, 0) is 37.3 Å². The number of halogens is 3. The van der Waals surface area contributed by atoms with E-state index in [1.165, 1.54) is 6.20 Å².